The predicted molar refractivity (Wildman–Crippen MR) is 117 cm³/mol. The predicted octanol–water partition coefficient (Wildman–Crippen LogP) is 4.38. The summed E-state index contributed by atoms with van der Waals surface area (Å²) < 4.78 is 13.6. The number of amides is 1. The van der Waals surface area contributed by atoms with Crippen molar-refractivity contribution in [2.75, 3.05) is 11.4 Å². The summed E-state index contributed by atoms with van der Waals surface area (Å²) >= 11 is 0. The van der Waals surface area contributed by atoms with Gasteiger partial charge in [-0.05, 0) is 78.1 Å². The van der Waals surface area contributed by atoms with Crippen LogP contribution in [0.1, 0.15) is 29.2 Å². The van der Waals surface area contributed by atoms with Crippen LogP contribution in [0.2, 0.25) is 0 Å². The van der Waals surface area contributed by atoms with Crippen LogP contribution in [-0.4, -0.2) is 22.8 Å². The lowest BCUT2D eigenvalue weighted by atomic mass is 9.76. The number of aromatic hydroxyl groups is 1. The van der Waals surface area contributed by atoms with Gasteiger partial charge in [0, 0.05) is 18.3 Å². The van der Waals surface area contributed by atoms with Crippen molar-refractivity contribution in [2.45, 2.75) is 18.9 Å². The Hall–Kier alpha value is -3.64. The van der Waals surface area contributed by atoms with Crippen molar-refractivity contribution in [3.63, 3.8) is 0 Å². The summed E-state index contributed by atoms with van der Waals surface area (Å²) in [6.07, 6.45) is 3.62. The summed E-state index contributed by atoms with van der Waals surface area (Å²) in [7, 11) is 0. The second-order valence-corrected chi connectivity index (χ2v) is 7.72. The van der Waals surface area contributed by atoms with E-state index in [2.05, 4.69) is 11.8 Å². The number of phenols is 1. The highest BCUT2D eigenvalue weighted by Crippen LogP contribution is 2.44. The topological polar surface area (TPSA) is 72.8 Å². The second kappa shape index (κ2) is 8.24. The van der Waals surface area contributed by atoms with Gasteiger partial charge in [0.1, 0.15) is 11.6 Å². The van der Waals surface area contributed by atoms with Crippen molar-refractivity contribution < 1.29 is 19.5 Å². The minimum Gasteiger partial charge on any atom is -0.508 e. The number of hydrogen-bond donors (Lipinski definition) is 3. The Labute approximate surface area is 180 Å². The van der Waals surface area contributed by atoms with Crippen LogP contribution in [0.3, 0.4) is 0 Å². The number of carbonyl (C=O) groups excluding carboxylic acids is 1. The Morgan fingerprint density at radius 3 is 2.48 bits per heavy atom. The van der Waals surface area contributed by atoms with Crippen molar-refractivity contribution in [1.29, 1.82) is 0 Å². The van der Waals surface area contributed by atoms with E-state index in [4.69, 9.17) is 5.21 Å². The number of hydroxylamine groups is 1. The maximum absolute atomic E-state index is 13.6. The lowest BCUT2D eigenvalue weighted by Gasteiger charge is -2.48. The molecule has 31 heavy (non-hydrogen) atoms. The molecule has 0 saturated heterocycles. The van der Waals surface area contributed by atoms with Gasteiger partial charge in [-0.2, -0.15) is 0 Å². The third-order valence-electron chi connectivity index (χ3n) is 5.91. The summed E-state index contributed by atoms with van der Waals surface area (Å²) in [6, 6.07) is 19.7. The van der Waals surface area contributed by atoms with Gasteiger partial charge in [0.25, 0.3) is 5.91 Å². The van der Waals surface area contributed by atoms with Crippen LogP contribution in [0.5, 0.6) is 5.75 Å². The maximum atomic E-state index is 13.6. The minimum absolute atomic E-state index is 0.235. The standard InChI is InChI=1S/C25H23FN2O3/c1-25(19-5-2-17(3-6-19)4-13-24(30)27-31)23-12-11-22(29)16-18(23)14-15-28(25)21-9-7-20(26)8-10-21/h2-13,16,29,31H,14-15H2,1H3,(H,27,30). The molecule has 0 saturated carbocycles. The molecule has 3 aromatic carbocycles. The molecule has 0 radical (unpaired) electrons. The zero-order valence-electron chi connectivity index (χ0n) is 17.0. The number of carbonyl (C=O) groups is 1. The molecule has 1 unspecified atom stereocenters. The summed E-state index contributed by atoms with van der Waals surface area (Å²) in [5, 5.41) is 18.6. The van der Waals surface area contributed by atoms with Gasteiger partial charge >= 0.3 is 0 Å². The Morgan fingerprint density at radius 1 is 1.10 bits per heavy atom. The van der Waals surface area contributed by atoms with Crippen LogP contribution in [0.15, 0.2) is 72.8 Å². The highest BCUT2D eigenvalue weighted by atomic mass is 19.1. The summed E-state index contributed by atoms with van der Waals surface area (Å²) in [6.45, 7) is 2.83. The first-order chi connectivity index (χ1) is 14.9. The zero-order valence-corrected chi connectivity index (χ0v) is 17.0. The Balaban J connectivity index is 1.80. The molecule has 0 aliphatic carbocycles. The van der Waals surface area contributed by atoms with Crippen LogP contribution in [-0.2, 0) is 16.8 Å². The van der Waals surface area contributed by atoms with Crippen LogP contribution < -0.4 is 10.4 Å². The lowest BCUT2D eigenvalue weighted by molar-refractivity contribution is -0.124. The van der Waals surface area contributed by atoms with Gasteiger partial charge in [-0.1, -0.05) is 30.3 Å². The number of halogens is 1. The molecular weight excluding hydrogens is 395 g/mol. The van der Waals surface area contributed by atoms with Crippen molar-refractivity contribution in [2.24, 2.45) is 0 Å². The smallest absolute Gasteiger partial charge is 0.267 e. The molecule has 158 valence electrons. The average molecular weight is 418 g/mol. The number of phenolic OH excluding ortho intramolecular Hbond substituents is 1. The van der Waals surface area contributed by atoms with E-state index >= 15 is 0 Å². The first kappa shape index (κ1) is 20.6. The van der Waals surface area contributed by atoms with Crippen molar-refractivity contribution in [3.8, 4) is 5.75 Å². The van der Waals surface area contributed by atoms with E-state index in [-0.39, 0.29) is 11.6 Å². The molecule has 1 atom stereocenters. The normalized spacial score (nSPS) is 18.1. The fourth-order valence-corrected chi connectivity index (χ4v) is 4.31. The van der Waals surface area contributed by atoms with E-state index < -0.39 is 11.4 Å². The Morgan fingerprint density at radius 2 is 1.81 bits per heavy atom. The highest BCUT2D eigenvalue weighted by molar-refractivity contribution is 5.90. The number of rotatable bonds is 4. The molecule has 1 aliphatic heterocycles. The molecule has 5 nitrogen and oxygen atoms in total. The Kier molecular flexibility index (Phi) is 5.48. The van der Waals surface area contributed by atoms with Crippen molar-refractivity contribution >= 4 is 17.7 Å². The van der Waals surface area contributed by atoms with Gasteiger partial charge in [-0.3, -0.25) is 10.0 Å². The average Bonchev–Trinajstić information content (AvgIpc) is 2.78. The highest BCUT2D eigenvalue weighted by Gasteiger charge is 2.40. The molecule has 1 aliphatic rings. The number of benzene rings is 3. The molecule has 1 amide bonds. The largest absolute Gasteiger partial charge is 0.508 e. The maximum Gasteiger partial charge on any atom is 0.267 e. The molecule has 4 rings (SSSR count). The van der Waals surface area contributed by atoms with Gasteiger partial charge < -0.3 is 10.0 Å². The number of anilines is 1. The van der Waals surface area contributed by atoms with E-state index in [0.29, 0.717) is 6.54 Å². The fourth-order valence-electron chi connectivity index (χ4n) is 4.31. The summed E-state index contributed by atoms with van der Waals surface area (Å²) in [5.74, 6) is -0.644. The number of hydrogen-bond acceptors (Lipinski definition) is 4. The van der Waals surface area contributed by atoms with Crippen LogP contribution in [0.4, 0.5) is 10.1 Å². The van der Waals surface area contributed by atoms with E-state index in [1.54, 1.807) is 35.8 Å². The monoisotopic (exact) mass is 418 g/mol. The molecule has 0 fully saturated rings. The minimum atomic E-state index is -0.598. The first-order valence-electron chi connectivity index (χ1n) is 10.00. The zero-order chi connectivity index (χ0) is 22.0. The lowest BCUT2D eigenvalue weighted by Crippen LogP contribution is -2.49. The fraction of sp³-hybridized carbons (Fsp3) is 0.160. The molecule has 1 heterocycles. The molecular formula is C25H23FN2O3. The summed E-state index contributed by atoms with van der Waals surface area (Å²) in [4.78, 5) is 13.5. The van der Waals surface area contributed by atoms with Gasteiger partial charge in [0.15, 0.2) is 0 Å². The molecule has 6 heteroatoms. The van der Waals surface area contributed by atoms with Crippen molar-refractivity contribution in [1.82, 2.24) is 5.48 Å². The Bertz CT molecular complexity index is 1130. The van der Waals surface area contributed by atoms with Gasteiger partial charge in [-0.25, -0.2) is 9.87 Å². The van der Waals surface area contributed by atoms with Crippen molar-refractivity contribution in [3.05, 3.63) is 101 Å². The van der Waals surface area contributed by atoms with E-state index in [1.807, 2.05) is 30.3 Å². The number of nitrogens with zero attached hydrogens (tertiary/aromatic N) is 1. The third kappa shape index (κ3) is 3.90. The molecule has 3 N–H and O–H groups in total. The third-order valence-corrected chi connectivity index (χ3v) is 5.91. The van der Waals surface area contributed by atoms with Gasteiger partial charge in [0.05, 0.1) is 5.54 Å². The molecule has 0 bridgehead atoms. The van der Waals surface area contributed by atoms with Gasteiger partial charge in [0.2, 0.25) is 0 Å². The first-order valence-corrected chi connectivity index (χ1v) is 10.00. The number of nitrogens with one attached hydrogen (secondary N) is 1. The second-order valence-electron chi connectivity index (χ2n) is 7.72. The SMILES string of the molecule is CC1(c2ccc(C=CC(=O)NO)cc2)c2ccc(O)cc2CCN1c1ccc(F)cc1. The van der Waals surface area contributed by atoms with Crippen LogP contribution in [0.25, 0.3) is 6.08 Å². The molecule has 0 aromatic heterocycles. The van der Waals surface area contributed by atoms with Gasteiger partial charge in [-0.15, -0.1) is 0 Å². The molecule has 0 spiro atoms. The molecule has 3 aromatic rings. The van der Waals surface area contributed by atoms with E-state index in [0.717, 1.165) is 34.4 Å². The number of fused-ring (bicyclic) bond motifs is 1. The van der Waals surface area contributed by atoms with E-state index in [1.165, 1.54) is 18.2 Å². The van der Waals surface area contributed by atoms with E-state index in [9.17, 15) is 14.3 Å². The quantitative estimate of drug-likeness (QED) is 0.334. The van der Waals surface area contributed by atoms with Crippen LogP contribution >= 0.6 is 0 Å². The van der Waals surface area contributed by atoms with Crippen LogP contribution in [0, 0.1) is 5.82 Å². The summed E-state index contributed by atoms with van der Waals surface area (Å²) in [5.41, 5.74) is 5.90.